The number of rotatable bonds is 2. The van der Waals surface area contributed by atoms with Crippen molar-refractivity contribution >= 4 is 43.6 Å². The van der Waals surface area contributed by atoms with Crippen LogP contribution in [-0.4, -0.2) is 9.13 Å². The van der Waals surface area contributed by atoms with E-state index in [1.54, 1.807) is 48.5 Å². The van der Waals surface area contributed by atoms with Gasteiger partial charge in [-0.05, 0) is 24.3 Å². The molecule has 2 heterocycles. The van der Waals surface area contributed by atoms with Crippen LogP contribution in [0.2, 0.25) is 0 Å². The smallest absolute Gasteiger partial charge is 0.359 e. The molecule has 0 atom stereocenters. The number of halogens is 6. The molecular weight excluding hydrogens is 766 g/mol. The third-order valence-corrected chi connectivity index (χ3v) is 9.37. The summed E-state index contributed by atoms with van der Waals surface area (Å²) in [5.74, 6) is -5.93. The second-order valence-corrected chi connectivity index (χ2v) is 12.8. The van der Waals surface area contributed by atoms with Crippen molar-refractivity contribution in [3.05, 3.63) is 204 Å². The van der Waals surface area contributed by atoms with Crippen LogP contribution in [0.4, 0.5) is 26.3 Å². The summed E-state index contributed by atoms with van der Waals surface area (Å²) < 4.78 is 88.0. The minimum Gasteiger partial charge on any atom is -0.359 e. The van der Waals surface area contributed by atoms with Gasteiger partial charge in [-0.1, -0.05) is 97.8 Å². The molecule has 10 rings (SSSR count). The van der Waals surface area contributed by atoms with Crippen molar-refractivity contribution in [1.29, 1.82) is 0 Å². The summed E-state index contributed by atoms with van der Waals surface area (Å²) in [5, 5.41) is 3.51. The SMILES string of the molecule is Cc1c(F)[c-]c(F)c(-n2c3ccccc3c3ccccc32)c1F.Cc1c(F)[c-]c(F)c(-n2c3ccccc3c3ccccc32)c1F.[C-]1=CC=CC1.[C-]1=CC=CC1.[Ti+4]. The average molecular weight is 799 g/mol. The normalized spacial score (nSPS) is 12.4. The fourth-order valence-electron chi connectivity index (χ4n) is 6.64. The fraction of sp³-hybridized carbons (Fsp3) is 0.0833. The molecule has 9 heteroatoms. The van der Waals surface area contributed by atoms with Crippen LogP contribution in [0, 0.1) is 73.0 Å². The molecule has 2 nitrogen and oxygen atoms in total. The maximum atomic E-state index is 14.6. The molecule has 0 unspecified atom stereocenters. The van der Waals surface area contributed by atoms with Crippen molar-refractivity contribution in [3.8, 4) is 11.4 Å². The van der Waals surface area contributed by atoms with E-state index in [4.69, 9.17) is 0 Å². The first-order valence-corrected chi connectivity index (χ1v) is 17.7. The first-order chi connectivity index (χ1) is 27.2. The van der Waals surface area contributed by atoms with Crippen molar-refractivity contribution in [2.24, 2.45) is 0 Å². The van der Waals surface area contributed by atoms with E-state index in [9.17, 15) is 26.3 Å². The second kappa shape index (κ2) is 18.0. The predicted molar refractivity (Wildman–Crippen MR) is 212 cm³/mol. The van der Waals surface area contributed by atoms with Crippen LogP contribution in [0.25, 0.3) is 55.0 Å². The van der Waals surface area contributed by atoms with Crippen molar-refractivity contribution in [2.45, 2.75) is 26.7 Å². The van der Waals surface area contributed by atoms with E-state index in [1.165, 1.54) is 23.0 Å². The van der Waals surface area contributed by atoms with Crippen molar-refractivity contribution in [2.75, 3.05) is 0 Å². The summed E-state index contributed by atoms with van der Waals surface area (Å²) in [4.78, 5) is 0. The molecule has 6 aromatic carbocycles. The van der Waals surface area contributed by atoms with Gasteiger partial charge in [-0.2, -0.15) is 12.2 Å². The zero-order chi connectivity index (χ0) is 39.3. The average Bonchev–Trinajstić information content (AvgIpc) is 4.07. The van der Waals surface area contributed by atoms with Crippen molar-refractivity contribution < 1.29 is 48.1 Å². The Balaban J connectivity index is 0.000000152. The predicted octanol–water partition coefficient (Wildman–Crippen LogP) is 13.2. The van der Waals surface area contributed by atoms with E-state index in [0.717, 1.165) is 34.4 Å². The topological polar surface area (TPSA) is 9.86 Å². The molecule has 0 amide bonds. The molecule has 2 aromatic heterocycles. The molecule has 0 saturated heterocycles. The molecule has 0 radical (unpaired) electrons. The Kier molecular flexibility index (Phi) is 12.9. The van der Waals surface area contributed by atoms with Crippen LogP contribution in [0.3, 0.4) is 0 Å². The van der Waals surface area contributed by atoms with E-state index in [0.29, 0.717) is 22.1 Å². The quantitative estimate of drug-likeness (QED) is 0.0937. The van der Waals surface area contributed by atoms with E-state index in [1.807, 2.05) is 85.0 Å². The van der Waals surface area contributed by atoms with Gasteiger partial charge in [-0.3, -0.25) is 12.2 Å². The summed E-state index contributed by atoms with van der Waals surface area (Å²) in [6.07, 6.45) is 20.0. The maximum Gasteiger partial charge on any atom is 4.00 e. The number of aromatic nitrogens is 2. The van der Waals surface area contributed by atoms with Gasteiger partial charge in [0.1, 0.15) is 0 Å². The fourth-order valence-corrected chi connectivity index (χ4v) is 6.64. The Morgan fingerprint density at radius 2 is 0.737 bits per heavy atom. The number of fused-ring (bicyclic) bond motifs is 6. The molecule has 0 bridgehead atoms. The molecule has 57 heavy (non-hydrogen) atoms. The molecule has 0 spiro atoms. The molecule has 0 saturated carbocycles. The molecule has 2 aliphatic carbocycles. The van der Waals surface area contributed by atoms with Crippen LogP contribution in [0.1, 0.15) is 24.0 Å². The van der Waals surface area contributed by atoms with Crippen molar-refractivity contribution in [3.63, 3.8) is 0 Å². The Labute approximate surface area is 341 Å². The summed E-state index contributed by atoms with van der Waals surface area (Å²) in [5.41, 5.74) is 1.53. The third-order valence-electron chi connectivity index (χ3n) is 9.37. The van der Waals surface area contributed by atoms with E-state index < -0.39 is 34.9 Å². The molecular formula is C48H32F6N2Ti. The van der Waals surface area contributed by atoms with Gasteiger partial charge in [0.2, 0.25) is 0 Å². The minimum absolute atomic E-state index is 0. The first kappa shape index (κ1) is 40.8. The van der Waals surface area contributed by atoms with Crippen LogP contribution in [-0.2, 0) is 21.7 Å². The van der Waals surface area contributed by atoms with E-state index in [2.05, 4.69) is 24.3 Å². The summed E-state index contributed by atoms with van der Waals surface area (Å²) in [6, 6.07) is 33.3. The van der Waals surface area contributed by atoms with Gasteiger partial charge < -0.3 is 9.13 Å². The van der Waals surface area contributed by atoms with Gasteiger partial charge in [0.15, 0.2) is 0 Å². The van der Waals surface area contributed by atoms with Crippen LogP contribution in [0.15, 0.2) is 134 Å². The number of hydrogen-bond acceptors (Lipinski definition) is 0. The molecule has 0 fully saturated rings. The molecule has 280 valence electrons. The number of nitrogens with zero attached hydrogens (tertiary/aromatic N) is 2. The van der Waals surface area contributed by atoms with Gasteiger partial charge in [0.25, 0.3) is 0 Å². The van der Waals surface area contributed by atoms with Gasteiger partial charge in [0, 0.05) is 89.9 Å². The van der Waals surface area contributed by atoms with Gasteiger partial charge >= 0.3 is 21.7 Å². The number of allylic oxidation sites excluding steroid dienone is 8. The zero-order valence-corrected chi connectivity index (χ0v) is 32.3. The zero-order valence-electron chi connectivity index (χ0n) is 30.8. The summed E-state index contributed by atoms with van der Waals surface area (Å²) in [6.45, 7) is 2.55. The summed E-state index contributed by atoms with van der Waals surface area (Å²) in [7, 11) is 0. The molecule has 0 N–H and O–H groups in total. The number of para-hydroxylation sites is 4. The Bertz CT molecular complexity index is 2540. The second-order valence-electron chi connectivity index (χ2n) is 12.8. The van der Waals surface area contributed by atoms with Crippen LogP contribution in [0.5, 0.6) is 0 Å². The summed E-state index contributed by atoms with van der Waals surface area (Å²) >= 11 is 0. The monoisotopic (exact) mass is 798 g/mol. The number of hydrogen-bond donors (Lipinski definition) is 0. The first-order valence-electron chi connectivity index (χ1n) is 17.7. The molecule has 0 aliphatic heterocycles. The molecule has 2 aliphatic rings. The van der Waals surface area contributed by atoms with Gasteiger partial charge in [-0.25, -0.2) is 50.6 Å². The molecule has 8 aromatic rings. The van der Waals surface area contributed by atoms with Crippen molar-refractivity contribution in [1.82, 2.24) is 9.13 Å². The van der Waals surface area contributed by atoms with E-state index >= 15 is 0 Å². The van der Waals surface area contributed by atoms with Gasteiger partial charge in [0.05, 0.1) is 0 Å². The maximum absolute atomic E-state index is 14.6. The van der Waals surface area contributed by atoms with Crippen LogP contribution >= 0.6 is 0 Å². The Hall–Kier alpha value is -5.83. The van der Waals surface area contributed by atoms with Gasteiger partial charge in [-0.15, -0.1) is 25.0 Å². The largest absolute Gasteiger partial charge is 4.00 e. The Morgan fingerprint density at radius 1 is 0.439 bits per heavy atom. The Morgan fingerprint density at radius 3 is 0.982 bits per heavy atom. The third kappa shape index (κ3) is 8.06. The standard InChI is InChI=1S/2C19H11F3N.2C5H5.Ti/c2*1-11-14(20)10-15(21)19(18(11)22)23-16-8-4-2-6-12(16)13-7-3-5-9-17(13)23;2*1-2-4-5-3-1;/h2*2-9H,1H3;2*1-3H,4H2;/q4*-1;+4. The number of benzene rings is 6. The van der Waals surface area contributed by atoms with Crippen LogP contribution < -0.4 is 0 Å². The minimum atomic E-state index is -1.04. The van der Waals surface area contributed by atoms with E-state index in [-0.39, 0.29) is 44.2 Å².